The summed E-state index contributed by atoms with van der Waals surface area (Å²) in [5.74, 6) is 0.223. The maximum atomic E-state index is 11.3. The van der Waals surface area contributed by atoms with E-state index in [1.165, 1.54) is 0 Å². The molecule has 1 saturated heterocycles. The number of amides is 1. The number of rotatable bonds is 5. The second-order valence-corrected chi connectivity index (χ2v) is 4.30. The van der Waals surface area contributed by atoms with Crippen LogP contribution in [-0.4, -0.2) is 57.0 Å². The molecule has 0 radical (unpaired) electrons. The largest absolute Gasteiger partial charge is 0.354 e. The van der Waals surface area contributed by atoms with Gasteiger partial charge in [-0.25, -0.2) is 0 Å². The number of methoxy groups -OCH3 is 2. The number of ether oxygens (including phenoxy) is 2. The van der Waals surface area contributed by atoms with Crippen LogP contribution in [0, 0.1) is 0 Å². The standard InChI is InChI=1S/C11H22N2O3/c1-8(11(15-3)16-4)12-9-5-6-10(14)13(2)7-9/h8-9,11-12H,5-7H2,1-4H3. The summed E-state index contributed by atoms with van der Waals surface area (Å²) >= 11 is 0. The molecule has 1 amide bonds. The molecule has 0 aliphatic carbocycles. The fourth-order valence-corrected chi connectivity index (χ4v) is 2.10. The molecule has 5 heteroatoms. The Hall–Kier alpha value is -0.650. The molecule has 1 aliphatic heterocycles. The van der Waals surface area contributed by atoms with Crippen molar-refractivity contribution in [1.82, 2.24) is 10.2 Å². The highest BCUT2D eigenvalue weighted by molar-refractivity contribution is 5.76. The van der Waals surface area contributed by atoms with Crippen molar-refractivity contribution in [3.63, 3.8) is 0 Å². The number of likely N-dealkylation sites (tertiary alicyclic amines) is 1. The molecule has 0 spiro atoms. The van der Waals surface area contributed by atoms with E-state index in [1.807, 2.05) is 14.0 Å². The van der Waals surface area contributed by atoms with Gasteiger partial charge in [0, 0.05) is 40.3 Å². The molecule has 5 nitrogen and oxygen atoms in total. The number of carbonyl (C=O) groups excluding carboxylic acids is 1. The third kappa shape index (κ3) is 3.43. The molecule has 16 heavy (non-hydrogen) atoms. The van der Waals surface area contributed by atoms with Crippen LogP contribution in [-0.2, 0) is 14.3 Å². The third-order valence-electron chi connectivity index (χ3n) is 3.00. The van der Waals surface area contributed by atoms with Gasteiger partial charge in [-0.2, -0.15) is 0 Å². The summed E-state index contributed by atoms with van der Waals surface area (Å²) in [5, 5.41) is 3.43. The number of likely N-dealkylation sites (N-methyl/N-ethyl adjacent to an activating group) is 1. The van der Waals surface area contributed by atoms with Gasteiger partial charge in [0.15, 0.2) is 6.29 Å². The summed E-state index contributed by atoms with van der Waals surface area (Å²) in [5.41, 5.74) is 0. The molecule has 0 saturated carbocycles. The van der Waals surface area contributed by atoms with Crippen LogP contribution < -0.4 is 5.32 Å². The highest BCUT2D eigenvalue weighted by atomic mass is 16.7. The fraction of sp³-hybridized carbons (Fsp3) is 0.909. The first kappa shape index (κ1) is 13.4. The Morgan fingerprint density at radius 3 is 2.56 bits per heavy atom. The zero-order valence-corrected chi connectivity index (χ0v) is 10.5. The van der Waals surface area contributed by atoms with Gasteiger partial charge in [0.2, 0.25) is 5.91 Å². The number of hydrogen-bond donors (Lipinski definition) is 1. The molecule has 0 aromatic carbocycles. The van der Waals surface area contributed by atoms with Crippen molar-refractivity contribution in [1.29, 1.82) is 0 Å². The monoisotopic (exact) mass is 230 g/mol. The van der Waals surface area contributed by atoms with Crippen molar-refractivity contribution in [2.75, 3.05) is 27.8 Å². The van der Waals surface area contributed by atoms with Crippen LogP contribution in [0.1, 0.15) is 19.8 Å². The first-order valence-corrected chi connectivity index (χ1v) is 5.64. The summed E-state index contributed by atoms with van der Waals surface area (Å²) < 4.78 is 10.4. The van der Waals surface area contributed by atoms with Crippen LogP contribution in [0.3, 0.4) is 0 Å². The summed E-state index contributed by atoms with van der Waals surface area (Å²) in [6.45, 7) is 2.78. The maximum Gasteiger partial charge on any atom is 0.222 e. The second kappa shape index (κ2) is 6.18. The summed E-state index contributed by atoms with van der Waals surface area (Å²) in [7, 11) is 5.09. The smallest absolute Gasteiger partial charge is 0.222 e. The highest BCUT2D eigenvalue weighted by Gasteiger charge is 2.26. The van der Waals surface area contributed by atoms with E-state index in [2.05, 4.69) is 5.32 Å². The fourth-order valence-electron chi connectivity index (χ4n) is 2.10. The first-order chi connectivity index (χ1) is 7.58. The number of hydrogen-bond acceptors (Lipinski definition) is 4. The molecule has 2 atom stereocenters. The first-order valence-electron chi connectivity index (χ1n) is 5.64. The molecule has 0 aromatic rings. The molecule has 94 valence electrons. The number of nitrogens with zero attached hydrogens (tertiary/aromatic N) is 1. The van der Waals surface area contributed by atoms with Crippen LogP contribution >= 0.6 is 0 Å². The molecule has 1 rings (SSSR count). The molecule has 0 bridgehead atoms. The average molecular weight is 230 g/mol. The maximum absolute atomic E-state index is 11.3. The molecular weight excluding hydrogens is 208 g/mol. The van der Waals surface area contributed by atoms with E-state index >= 15 is 0 Å². The Balaban J connectivity index is 2.39. The van der Waals surface area contributed by atoms with Crippen LogP contribution in [0.5, 0.6) is 0 Å². The zero-order chi connectivity index (χ0) is 12.1. The Labute approximate surface area is 97.1 Å². The van der Waals surface area contributed by atoms with Crippen LogP contribution in [0.25, 0.3) is 0 Å². The Morgan fingerprint density at radius 2 is 2.06 bits per heavy atom. The van der Waals surface area contributed by atoms with E-state index in [1.54, 1.807) is 19.1 Å². The van der Waals surface area contributed by atoms with Crippen molar-refractivity contribution in [2.24, 2.45) is 0 Å². The van der Waals surface area contributed by atoms with Crippen molar-refractivity contribution in [3.05, 3.63) is 0 Å². The third-order valence-corrected chi connectivity index (χ3v) is 3.00. The predicted octanol–water partition coefficient (Wildman–Crippen LogP) is 0.204. The van der Waals surface area contributed by atoms with Gasteiger partial charge in [0.1, 0.15) is 0 Å². The van der Waals surface area contributed by atoms with Crippen molar-refractivity contribution in [2.45, 2.75) is 38.1 Å². The minimum Gasteiger partial charge on any atom is -0.354 e. The Morgan fingerprint density at radius 1 is 1.44 bits per heavy atom. The molecular formula is C11H22N2O3. The zero-order valence-electron chi connectivity index (χ0n) is 10.5. The minimum atomic E-state index is -0.247. The van der Waals surface area contributed by atoms with Crippen molar-refractivity contribution < 1.29 is 14.3 Å². The van der Waals surface area contributed by atoms with E-state index in [9.17, 15) is 4.79 Å². The Bertz CT molecular complexity index is 231. The van der Waals surface area contributed by atoms with Gasteiger partial charge in [-0.15, -0.1) is 0 Å². The lowest BCUT2D eigenvalue weighted by Gasteiger charge is -2.33. The minimum absolute atomic E-state index is 0.113. The van der Waals surface area contributed by atoms with Crippen LogP contribution in [0.4, 0.5) is 0 Å². The summed E-state index contributed by atoms with van der Waals surface area (Å²) in [4.78, 5) is 13.1. The predicted molar refractivity (Wildman–Crippen MR) is 61.1 cm³/mol. The van der Waals surface area contributed by atoms with E-state index < -0.39 is 0 Å². The topological polar surface area (TPSA) is 50.8 Å². The van der Waals surface area contributed by atoms with E-state index in [0.717, 1.165) is 13.0 Å². The highest BCUT2D eigenvalue weighted by Crippen LogP contribution is 2.11. The van der Waals surface area contributed by atoms with E-state index in [4.69, 9.17) is 9.47 Å². The van der Waals surface area contributed by atoms with E-state index in [0.29, 0.717) is 12.5 Å². The van der Waals surface area contributed by atoms with Gasteiger partial charge in [0.25, 0.3) is 0 Å². The Kier molecular flexibility index (Phi) is 5.18. The normalized spacial score (nSPS) is 23.9. The average Bonchev–Trinajstić information content (AvgIpc) is 2.25. The van der Waals surface area contributed by atoms with E-state index in [-0.39, 0.29) is 18.2 Å². The van der Waals surface area contributed by atoms with Crippen LogP contribution in [0.15, 0.2) is 0 Å². The van der Waals surface area contributed by atoms with Gasteiger partial charge >= 0.3 is 0 Å². The molecule has 1 N–H and O–H groups in total. The molecule has 1 heterocycles. The number of piperidine rings is 1. The van der Waals surface area contributed by atoms with Crippen LogP contribution in [0.2, 0.25) is 0 Å². The second-order valence-electron chi connectivity index (χ2n) is 4.30. The SMILES string of the molecule is COC(OC)C(C)NC1CCC(=O)N(C)C1. The quantitative estimate of drug-likeness (QED) is 0.686. The van der Waals surface area contributed by atoms with Gasteiger partial charge in [-0.3, -0.25) is 4.79 Å². The molecule has 1 aliphatic rings. The van der Waals surface area contributed by atoms with Gasteiger partial charge in [-0.1, -0.05) is 0 Å². The van der Waals surface area contributed by atoms with Gasteiger partial charge in [-0.05, 0) is 13.3 Å². The lowest BCUT2D eigenvalue weighted by molar-refractivity contribution is -0.134. The molecule has 1 fully saturated rings. The summed E-state index contributed by atoms with van der Waals surface area (Å²) in [6.07, 6.45) is 1.25. The molecule has 0 aromatic heterocycles. The lowest BCUT2D eigenvalue weighted by atomic mass is 10.0. The van der Waals surface area contributed by atoms with Gasteiger partial charge < -0.3 is 19.7 Å². The number of nitrogens with one attached hydrogen (secondary N) is 1. The number of carbonyl (C=O) groups is 1. The molecule has 2 unspecified atom stereocenters. The summed E-state index contributed by atoms with van der Waals surface area (Å²) in [6, 6.07) is 0.437. The lowest BCUT2D eigenvalue weighted by Crippen LogP contribution is -2.52. The van der Waals surface area contributed by atoms with Crippen molar-refractivity contribution in [3.8, 4) is 0 Å². The van der Waals surface area contributed by atoms with Crippen molar-refractivity contribution >= 4 is 5.91 Å². The van der Waals surface area contributed by atoms with Gasteiger partial charge in [0.05, 0.1) is 6.04 Å².